The zero-order valence-corrected chi connectivity index (χ0v) is 11.9. The van der Waals surface area contributed by atoms with Crippen molar-refractivity contribution in [3.8, 4) is 12.3 Å². The lowest BCUT2D eigenvalue weighted by Crippen LogP contribution is -2.36. The summed E-state index contributed by atoms with van der Waals surface area (Å²) in [6.45, 7) is 4.72. The molecule has 104 valence electrons. The minimum absolute atomic E-state index is 0.510. The third kappa shape index (κ3) is 2.66. The van der Waals surface area contributed by atoms with Crippen LogP contribution in [-0.4, -0.2) is 40.8 Å². The van der Waals surface area contributed by atoms with Gasteiger partial charge in [0.05, 0.1) is 37.3 Å². The molecular formula is C15H16ClN3O. The van der Waals surface area contributed by atoms with Crippen molar-refractivity contribution in [1.82, 2.24) is 14.5 Å². The molecule has 1 fully saturated rings. The quantitative estimate of drug-likeness (QED) is 0.811. The molecule has 1 aromatic heterocycles. The van der Waals surface area contributed by atoms with Gasteiger partial charge in [0, 0.05) is 18.1 Å². The van der Waals surface area contributed by atoms with Gasteiger partial charge in [-0.3, -0.25) is 4.90 Å². The van der Waals surface area contributed by atoms with Crippen LogP contribution in [0.1, 0.15) is 5.82 Å². The van der Waals surface area contributed by atoms with E-state index in [1.54, 1.807) is 0 Å². The van der Waals surface area contributed by atoms with E-state index in [1.165, 1.54) is 0 Å². The Morgan fingerprint density at radius 3 is 2.90 bits per heavy atom. The Morgan fingerprint density at radius 1 is 1.35 bits per heavy atom. The van der Waals surface area contributed by atoms with Gasteiger partial charge in [-0.15, -0.1) is 6.42 Å². The summed E-state index contributed by atoms with van der Waals surface area (Å²) in [7, 11) is 0. The first-order chi connectivity index (χ1) is 9.78. The Labute approximate surface area is 123 Å². The number of halogens is 1. The minimum Gasteiger partial charge on any atom is -0.379 e. The lowest BCUT2D eigenvalue weighted by atomic mass is 10.3. The highest BCUT2D eigenvalue weighted by Gasteiger charge is 2.16. The highest BCUT2D eigenvalue weighted by molar-refractivity contribution is 6.31. The molecule has 0 N–H and O–H groups in total. The predicted molar refractivity (Wildman–Crippen MR) is 79.7 cm³/mol. The van der Waals surface area contributed by atoms with Gasteiger partial charge in [-0.2, -0.15) is 0 Å². The first kappa shape index (κ1) is 13.4. The van der Waals surface area contributed by atoms with Crippen molar-refractivity contribution < 1.29 is 4.74 Å². The number of rotatable bonds is 3. The zero-order valence-electron chi connectivity index (χ0n) is 11.2. The van der Waals surface area contributed by atoms with E-state index in [1.807, 2.05) is 18.2 Å². The fourth-order valence-corrected chi connectivity index (χ4v) is 2.66. The van der Waals surface area contributed by atoms with Gasteiger partial charge in [-0.05, 0) is 18.2 Å². The number of morpholine rings is 1. The van der Waals surface area contributed by atoms with Crippen molar-refractivity contribution in [2.45, 2.75) is 13.1 Å². The second-order valence-electron chi connectivity index (χ2n) is 4.84. The maximum atomic E-state index is 6.07. The summed E-state index contributed by atoms with van der Waals surface area (Å²) in [5.41, 5.74) is 1.94. The van der Waals surface area contributed by atoms with Crippen LogP contribution in [0.5, 0.6) is 0 Å². The van der Waals surface area contributed by atoms with Crippen molar-refractivity contribution in [3.63, 3.8) is 0 Å². The first-order valence-electron chi connectivity index (χ1n) is 6.66. The Bertz CT molecular complexity index is 653. The topological polar surface area (TPSA) is 30.3 Å². The summed E-state index contributed by atoms with van der Waals surface area (Å²) in [6, 6.07) is 5.72. The number of hydrogen-bond acceptors (Lipinski definition) is 3. The summed E-state index contributed by atoms with van der Waals surface area (Å²) >= 11 is 6.07. The van der Waals surface area contributed by atoms with Crippen LogP contribution >= 0.6 is 11.6 Å². The van der Waals surface area contributed by atoms with Crippen LogP contribution in [0.15, 0.2) is 18.2 Å². The Kier molecular flexibility index (Phi) is 3.93. The fourth-order valence-electron chi connectivity index (χ4n) is 2.49. The molecule has 0 amide bonds. The molecule has 0 atom stereocenters. The number of terminal acetylenes is 1. The fraction of sp³-hybridized carbons (Fsp3) is 0.400. The molecule has 0 bridgehead atoms. The van der Waals surface area contributed by atoms with Crippen molar-refractivity contribution in [2.75, 3.05) is 26.3 Å². The van der Waals surface area contributed by atoms with Crippen LogP contribution in [0.25, 0.3) is 11.0 Å². The number of hydrogen-bond donors (Lipinski definition) is 0. The van der Waals surface area contributed by atoms with E-state index in [9.17, 15) is 0 Å². The number of nitrogens with zero attached hydrogens (tertiary/aromatic N) is 3. The minimum atomic E-state index is 0.510. The Balaban J connectivity index is 1.96. The molecule has 0 unspecified atom stereocenters. The third-order valence-electron chi connectivity index (χ3n) is 3.51. The summed E-state index contributed by atoms with van der Waals surface area (Å²) in [4.78, 5) is 7.03. The van der Waals surface area contributed by atoms with Crippen LogP contribution in [0, 0.1) is 12.3 Å². The second-order valence-corrected chi connectivity index (χ2v) is 5.28. The van der Waals surface area contributed by atoms with Crippen molar-refractivity contribution >= 4 is 22.6 Å². The molecule has 0 saturated carbocycles. The van der Waals surface area contributed by atoms with E-state index in [0.29, 0.717) is 11.6 Å². The molecule has 1 aliphatic rings. The normalized spacial score (nSPS) is 16.4. The Hall–Kier alpha value is -1.54. The number of benzene rings is 1. The molecule has 1 aliphatic heterocycles. The average Bonchev–Trinajstić information content (AvgIpc) is 2.78. The summed E-state index contributed by atoms with van der Waals surface area (Å²) in [6.07, 6.45) is 5.49. The predicted octanol–water partition coefficient (Wildman–Crippen LogP) is 2.16. The smallest absolute Gasteiger partial charge is 0.124 e. The molecule has 20 heavy (non-hydrogen) atoms. The van der Waals surface area contributed by atoms with Gasteiger partial charge >= 0.3 is 0 Å². The summed E-state index contributed by atoms with van der Waals surface area (Å²) in [5, 5.41) is 0.702. The summed E-state index contributed by atoms with van der Waals surface area (Å²) in [5.74, 6) is 3.68. The van der Waals surface area contributed by atoms with Crippen molar-refractivity contribution in [3.05, 3.63) is 29.0 Å². The van der Waals surface area contributed by atoms with Gasteiger partial charge < -0.3 is 9.30 Å². The maximum Gasteiger partial charge on any atom is 0.124 e. The van der Waals surface area contributed by atoms with Crippen LogP contribution in [0.2, 0.25) is 5.02 Å². The van der Waals surface area contributed by atoms with E-state index in [-0.39, 0.29) is 0 Å². The van der Waals surface area contributed by atoms with Gasteiger partial charge in [0.1, 0.15) is 5.82 Å². The lowest BCUT2D eigenvalue weighted by molar-refractivity contribution is 0.0327. The molecule has 0 aliphatic carbocycles. The van der Waals surface area contributed by atoms with E-state index in [0.717, 1.165) is 49.7 Å². The summed E-state index contributed by atoms with van der Waals surface area (Å²) < 4.78 is 7.44. The monoisotopic (exact) mass is 289 g/mol. The largest absolute Gasteiger partial charge is 0.379 e. The maximum absolute atomic E-state index is 6.07. The third-order valence-corrected chi connectivity index (χ3v) is 3.74. The number of fused-ring (bicyclic) bond motifs is 1. The number of aromatic nitrogens is 2. The van der Waals surface area contributed by atoms with E-state index < -0.39 is 0 Å². The van der Waals surface area contributed by atoms with E-state index >= 15 is 0 Å². The zero-order chi connectivity index (χ0) is 13.9. The molecule has 4 nitrogen and oxygen atoms in total. The van der Waals surface area contributed by atoms with Crippen molar-refractivity contribution in [1.29, 1.82) is 0 Å². The van der Waals surface area contributed by atoms with E-state index in [2.05, 4.69) is 15.4 Å². The lowest BCUT2D eigenvalue weighted by Gasteiger charge is -2.26. The second kappa shape index (κ2) is 5.84. The first-order valence-corrected chi connectivity index (χ1v) is 7.04. The van der Waals surface area contributed by atoms with Crippen LogP contribution in [0.3, 0.4) is 0 Å². The van der Waals surface area contributed by atoms with Gasteiger partial charge in [-0.25, -0.2) is 4.98 Å². The van der Waals surface area contributed by atoms with Crippen LogP contribution < -0.4 is 0 Å². The van der Waals surface area contributed by atoms with Gasteiger partial charge in [0.25, 0.3) is 0 Å². The number of ether oxygens (including phenoxy) is 1. The van der Waals surface area contributed by atoms with Gasteiger partial charge in [-0.1, -0.05) is 17.5 Å². The molecule has 2 heterocycles. The average molecular weight is 290 g/mol. The van der Waals surface area contributed by atoms with Gasteiger partial charge in [0.2, 0.25) is 0 Å². The van der Waals surface area contributed by atoms with E-state index in [4.69, 9.17) is 27.7 Å². The molecular weight excluding hydrogens is 274 g/mol. The molecule has 1 aromatic carbocycles. The SMILES string of the molecule is C#CCn1c(CN2CCOCC2)nc2ccc(Cl)cc21. The highest BCUT2D eigenvalue weighted by atomic mass is 35.5. The number of imidazole rings is 1. The molecule has 0 spiro atoms. The van der Waals surface area contributed by atoms with Crippen LogP contribution in [0.4, 0.5) is 0 Å². The highest BCUT2D eigenvalue weighted by Crippen LogP contribution is 2.21. The molecule has 1 saturated heterocycles. The van der Waals surface area contributed by atoms with Crippen LogP contribution in [-0.2, 0) is 17.8 Å². The molecule has 5 heteroatoms. The van der Waals surface area contributed by atoms with Gasteiger partial charge in [0.15, 0.2) is 0 Å². The molecule has 2 aromatic rings. The van der Waals surface area contributed by atoms with Crippen molar-refractivity contribution in [2.24, 2.45) is 0 Å². The molecule has 0 radical (unpaired) electrons. The standard InChI is InChI=1S/C15H16ClN3O/c1-2-5-19-14-10-12(16)3-4-13(14)17-15(19)11-18-6-8-20-9-7-18/h1,3-4,10H,5-9,11H2. The molecule has 3 rings (SSSR count). The Morgan fingerprint density at radius 2 is 2.15 bits per heavy atom.